The zero-order chi connectivity index (χ0) is 21.8. The maximum absolute atomic E-state index is 12.6. The molecule has 4 rings (SSSR count). The number of aryl methyl sites for hydroxylation is 1. The second-order valence-corrected chi connectivity index (χ2v) is 7.34. The summed E-state index contributed by atoms with van der Waals surface area (Å²) in [6.45, 7) is 1.79. The molecule has 0 aliphatic rings. The number of nitrogens with zero attached hydrogens (tertiary/aromatic N) is 4. The van der Waals surface area contributed by atoms with Gasteiger partial charge >= 0.3 is 0 Å². The summed E-state index contributed by atoms with van der Waals surface area (Å²) in [5.41, 5.74) is 1.10. The van der Waals surface area contributed by atoms with Crippen molar-refractivity contribution >= 4 is 27.5 Å². The molecule has 2 heterocycles. The average Bonchev–Trinajstić information content (AvgIpc) is 3.30. The highest BCUT2D eigenvalue weighted by molar-refractivity contribution is 9.10. The molecule has 0 atom stereocenters. The van der Waals surface area contributed by atoms with Crippen molar-refractivity contribution in [2.75, 3.05) is 12.4 Å². The van der Waals surface area contributed by atoms with Crippen LogP contribution in [0.15, 0.2) is 71.5 Å². The molecule has 0 fully saturated rings. The second-order valence-electron chi connectivity index (χ2n) is 6.49. The van der Waals surface area contributed by atoms with E-state index in [2.05, 4.69) is 36.3 Å². The number of hydrogen-bond acceptors (Lipinski definition) is 6. The van der Waals surface area contributed by atoms with Crippen LogP contribution in [0, 0.1) is 6.92 Å². The Bertz CT molecular complexity index is 1210. The number of methoxy groups -OCH3 is 1. The number of carbonyl (C=O) groups excluding carboxylic acids is 1. The van der Waals surface area contributed by atoms with Crippen LogP contribution in [0.2, 0.25) is 0 Å². The number of aromatic nitrogens is 4. The molecule has 0 bridgehead atoms. The fraction of sp³-hybridized carbons (Fsp3) is 0.0909. The summed E-state index contributed by atoms with van der Waals surface area (Å²) in [5.74, 6) is 2.50. The molecule has 1 N–H and O–H groups in total. The third-order valence-corrected chi connectivity index (χ3v) is 4.98. The number of amides is 1. The van der Waals surface area contributed by atoms with Crippen molar-refractivity contribution in [1.82, 2.24) is 19.7 Å². The molecule has 9 heteroatoms. The van der Waals surface area contributed by atoms with Gasteiger partial charge < -0.3 is 14.8 Å². The van der Waals surface area contributed by atoms with Gasteiger partial charge in [-0.2, -0.15) is 10.1 Å². The molecular weight excluding hydrogens is 462 g/mol. The van der Waals surface area contributed by atoms with Crippen LogP contribution >= 0.6 is 15.9 Å². The van der Waals surface area contributed by atoms with Gasteiger partial charge in [-0.15, -0.1) is 0 Å². The van der Waals surface area contributed by atoms with E-state index in [1.54, 1.807) is 79.6 Å². The Balaban J connectivity index is 1.47. The Morgan fingerprint density at radius 1 is 1.06 bits per heavy atom. The Morgan fingerprint density at radius 2 is 1.84 bits per heavy atom. The lowest BCUT2D eigenvalue weighted by Gasteiger charge is -2.10. The number of anilines is 1. The molecule has 156 valence electrons. The van der Waals surface area contributed by atoms with E-state index >= 15 is 0 Å². The lowest BCUT2D eigenvalue weighted by Crippen LogP contribution is -2.12. The van der Waals surface area contributed by atoms with Crippen LogP contribution in [-0.4, -0.2) is 32.8 Å². The maximum Gasteiger partial charge on any atom is 0.256 e. The number of ether oxygens (including phenoxy) is 2. The van der Waals surface area contributed by atoms with Crippen molar-refractivity contribution in [1.29, 1.82) is 0 Å². The summed E-state index contributed by atoms with van der Waals surface area (Å²) in [4.78, 5) is 21.3. The maximum atomic E-state index is 12.6. The van der Waals surface area contributed by atoms with Gasteiger partial charge in [0.25, 0.3) is 5.91 Å². The average molecular weight is 480 g/mol. The normalized spacial score (nSPS) is 10.5. The zero-order valence-corrected chi connectivity index (χ0v) is 18.3. The fourth-order valence-corrected chi connectivity index (χ4v) is 3.26. The van der Waals surface area contributed by atoms with Gasteiger partial charge in [0.05, 0.1) is 12.7 Å². The highest BCUT2D eigenvalue weighted by Crippen LogP contribution is 2.25. The van der Waals surface area contributed by atoms with E-state index in [1.807, 2.05) is 6.07 Å². The van der Waals surface area contributed by atoms with Crippen LogP contribution in [0.1, 0.15) is 16.2 Å². The number of nitrogens with one attached hydrogen (secondary N) is 1. The van der Waals surface area contributed by atoms with Gasteiger partial charge in [-0.25, -0.2) is 9.67 Å². The quantitative estimate of drug-likeness (QED) is 0.427. The molecule has 8 nitrogen and oxygen atoms in total. The molecule has 1 amide bonds. The summed E-state index contributed by atoms with van der Waals surface area (Å²) in [7, 11) is 1.56. The van der Waals surface area contributed by atoms with E-state index in [0.29, 0.717) is 44.7 Å². The van der Waals surface area contributed by atoms with Crippen molar-refractivity contribution in [2.45, 2.75) is 6.92 Å². The van der Waals surface area contributed by atoms with E-state index in [-0.39, 0.29) is 5.91 Å². The second kappa shape index (κ2) is 8.97. The summed E-state index contributed by atoms with van der Waals surface area (Å²) in [5, 5.41) is 7.04. The Labute approximate surface area is 187 Å². The van der Waals surface area contributed by atoms with Crippen LogP contribution < -0.4 is 14.8 Å². The number of benzene rings is 2. The number of halogens is 1. The van der Waals surface area contributed by atoms with Crippen molar-refractivity contribution in [2.24, 2.45) is 0 Å². The molecule has 31 heavy (non-hydrogen) atoms. The van der Waals surface area contributed by atoms with Gasteiger partial charge in [-0.3, -0.25) is 4.79 Å². The van der Waals surface area contributed by atoms with Crippen molar-refractivity contribution < 1.29 is 14.3 Å². The van der Waals surface area contributed by atoms with E-state index in [1.165, 1.54) is 0 Å². The topological polar surface area (TPSA) is 91.2 Å². The number of hydrogen-bond donors (Lipinski definition) is 1. The summed E-state index contributed by atoms with van der Waals surface area (Å²) in [6, 6.07) is 15.7. The van der Waals surface area contributed by atoms with Gasteiger partial charge in [0.2, 0.25) is 5.88 Å². The highest BCUT2D eigenvalue weighted by atomic mass is 79.9. The minimum absolute atomic E-state index is 0.255. The molecule has 4 aromatic rings. The molecule has 0 saturated heterocycles. The number of rotatable bonds is 6. The first-order valence-electron chi connectivity index (χ1n) is 9.30. The van der Waals surface area contributed by atoms with Crippen molar-refractivity contribution in [3.05, 3.63) is 82.9 Å². The van der Waals surface area contributed by atoms with Crippen LogP contribution in [0.25, 0.3) is 5.82 Å². The third-order valence-electron chi connectivity index (χ3n) is 4.29. The molecule has 0 unspecified atom stereocenters. The van der Waals surface area contributed by atoms with Crippen LogP contribution in [0.3, 0.4) is 0 Å². The van der Waals surface area contributed by atoms with Gasteiger partial charge in [0.1, 0.15) is 17.3 Å². The van der Waals surface area contributed by atoms with Gasteiger partial charge in [0, 0.05) is 28.6 Å². The monoisotopic (exact) mass is 479 g/mol. The molecule has 0 spiro atoms. The van der Waals surface area contributed by atoms with E-state index < -0.39 is 0 Å². The third kappa shape index (κ3) is 4.89. The minimum Gasteiger partial charge on any atom is -0.497 e. The predicted molar refractivity (Wildman–Crippen MR) is 119 cm³/mol. The van der Waals surface area contributed by atoms with Gasteiger partial charge in [-0.05, 0) is 71.4 Å². The van der Waals surface area contributed by atoms with Crippen molar-refractivity contribution in [3.8, 4) is 23.2 Å². The minimum atomic E-state index is -0.255. The Hall–Kier alpha value is -3.72. The summed E-state index contributed by atoms with van der Waals surface area (Å²) in [6.07, 6.45) is 3.47. The molecule has 0 radical (unpaired) electrons. The standard InChI is InChI=1S/C22H18BrN5O3/c1-14-25-20(28-11-3-10-24-28)13-21(26-14)31-16-6-4-15(5-7-16)27-22(29)18-12-17(30-2)8-9-19(18)23/h3-13H,1-2H3,(H,27,29). The molecule has 2 aromatic heterocycles. The fourth-order valence-electron chi connectivity index (χ4n) is 2.83. The van der Waals surface area contributed by atoms with Crippen LogP contribution in [-0.2, 0) is 0 Å². The SMILES string of the molecule is COc1ccc(Br)c(C(=O)Nc2ccc(Oc3cc(-n4cccn4)nc(C)n3)cc2)c1. The van der Waals surface area contributed by atoms with E-state index in [4.69, 9.17) is 9.47 Å². The van der Waals surface area contributed by atoms with Crippen LogP contribution in [0.4, 0.5) is 5.69 Å². The lowest BCUT2D eigenvalue weighted by molar-refractivity contribution is 0.102. The van der Waals surface area contributed by atoms with Gasteiger partial charge in [0.15, 0.2) is 5.82 Å². The first-order chi connectivity index (χ1) is 15.0. The van der Waals surface area contributed by atoms with Gasteiger partial charge in [-0.1, -0.05) is 0 Å². The Kier molecular flexibility index (Phi) is 5.94. The Morgan fingerprint density at radius 3 is 2.55 bits per heavy atom. The highest BCUT2D eigenvalue weighted by Gasteiger charge is 2.12. The summed E-state index contributed by atoms with van der Waals surface area (Å²) < 4.78 is 13.4. The molecule has 2 aromatic carbocycles. The first kappa shape index (κ1) is 20.5. The van der Waals surface area contributed by atoms with E-state index in [0.717, 1.165) is 0 Å². The predicted octanol–water partition coefficient (Wildman–Crippen LogP) is 4.79. The van der Waals surface area contributed by atoms with Crippen LogP contribution in [0.5, 0.6) is 17.4 Å². The zero-order valence-electron chi connectivity index (χ0n) is 16.7. The molecular formula is C22H18BrN5O3. The largest absolute Gasteiger partial charge is 0.497 e. The molecule has 0 saturated carbocycles. The smallest absolute Gasteiger partial charge is 0.256 e. The number of carbonyl (C=O) groups is 1. The van der Waals surface area contributed by atoms with E-state index in [9.17, 15) is 4.79 Å². The molecule has 0 aliphatic heterocycles. The summed E-state index contributed by atoms with van der Waals surface area (Å²) >= 11 is 3.39. The van der Waals surface area contributed by atoms with Crippen molar-refractivity contribution in [3.63, 3.8) is 0 Å². The lowest BCUT2D eigenvalue weighted by atomic mass is 10.2. The first-order valence-corrected chi connectivity index (χ1v) is 10.1. The molecule has 0 aliphatic carbocycles.